The Morgan fingerprint density at radius 3 is 2.57 bits per heavy atom. The number of carboxylic acid groups (broad SMARTS) is 1. The zero-order valence-corrected chi connectivity index (χ0v) is 12.2. The van der Waals surface area contributed by atoms with Crippen molar-refractivity contribution in [2.75, 3.05) is 6.54 Å². The van der Waals surface area contributed by atoms with Crippen molar-refractivity contribution in [2.45, 2.75) is 50.5 Å². The average molecular weight is 287 g/mol. The second kappa shape index (κ2) is 5.51. The predicted molar refractivity (Wildman–Crippen MR) is 78.9 cm³/mol. The normalized spacial score (nSPS) is 18.4. The molecule has 0 atom stereocenters. The van der Waals surface area contributed by atoms with Crippen LogP contribution in [0.25, 0.3) is 0 Å². The lowest BCUT2D eigenvalue weighted by Crippen LogP contribution is -2.41. The molecule has 1 saturated carbocycles. The summed E-state index contributed by atoms with van der Waals surface area (Å²) in [5.41, 5.74) is 2.92. The van der Waals surface area contributed by atoms with E-state index in [1.165, 1.54) is 24.0 Å². The van der Waals surface area contributed by atoms with E-state index in [1.54, 1.807) is 0 Å². The number of hydrogen-bond donors (Lipinski definition) is 1. The summed E-state index contributed by atoms with van der Waals surface area (Å²) in [5, 5.41) is 8.62. The largest absolute Gasteiger partial charge is 0.481 e. The van der Waals surface area contributed by atoms with Crippen molar-refractivity contribution in [3.8, 4) is 0 Å². The number of benzene rings is 1. The highest BCUT2D eigenvalue weighted by Gasteiger charge is 2.49. The van der Waals surface area contributed by atoms with E-state index in [9.17, 15) is 9.59 Å². The van der Waals surface area contributed by atoms with Crippen LogP contribution in [0.4, 0.5) is 0 Å². The van der Waals surface area contributed by atoms with Gasteiger partial charge in [0.15, 0.2) is 0 Å². The van der Waals surface area contributed by atoms with Gasteiger partial charge in [-0.2, -0.15) is 0 Å². The molecule has 1 N–H and O–H groups in total. The van der Waals surface area contributed by atoms with Crippen molar-refractivity contribution >= 4 is 11.9 Å². The third kappa shape index (κ3) is 2.94. The minimum Gasteiger partial charge on any atom is -0.481 e. The lowest BCUT2D eigenvalue weighted by atomic mass is 9.87. The summed E-state index contributed by atoms with van der Waals surface area (Å²) in [5.74, 6) is -0.618. The number of aliphatic carboxylic acids is 1. The number of fused-ring (bicyclic) bond motifs is 2. The van der Waals surface area contributed by atoms with Crippen LogP contribution in [0, 0.1) is 0 Å². The van der Waals surface area contributed by atoms with Crippen LogP contribution in [-0.4, -0.2) is 28.4 Å². The highest BCUT2D eigenvalue weighted by atomic mass is 16.4. The van der Waals surface area contributed by atoms with E-state index in [-0.39, 0.29) is 17.7 Å². The van der Waals surface area contributed by atoms with Gasteiger partial charge in [-0.1, -0.05) is 24.3 Å². The molecular weight excluding hydrogens is 266 g/mol. The molecule has 0 saturated heterocycles. The quantitative estimate of drug-likeness (QED) is 0.847. The third-order valence-electron chi connectivity index (χ3n) is 4.68. The molecule has 4 heteroatoms. The lowest BCUT2D eigenvalue weighted by Gasteiger charge is -2.35. The maximum absolute atomic E-state index is 12.3. The topological polar surface area (TPSA) is 57.6 Å². The van der Waals surface area contributed by atoms with Crippen LogP contribution < -0.4 is 0 Å². The lowest BCUT2D eigenvalue weighted by molar-refractivity contribution is -0.137. The second-order valence-corrected chi connectivity index (χ2v) is 6.29. The number of carboxylic acids is 1. The number of carbonyl (C=O) groups is 2. The summed E-state index contributed by atoms with van der Waals surface area (Å²) in [4.78, 5) is 24.8. The number of carbonyl (C=O) groups excluding carboxylic acids is 1. The number of rotatable bonds is 5. The van der Waals surface area contributed by atoms with Gasteiger partial charge in [0.2, 0.25) is 5.91 Å². The summed E-state index contributed by atoms with van der Waals surface area (Å²) < 4.78 is 0. The Morgan fingerprint density at radius 1 is 1.14 bits per heavy atom. The number of amides is 1. The maximum Gasteiger partial charge on any atom is 0.303 e. The molecular formula is C17H21NO3. The van der Waals surface area contributed by atoms with E-state index in [2.05, 4.69) is 18.2 Å². The minimum absolute atomic E-state index is 0.153. The van der Waals surface area contributed by atoms with Crippen molar-refractivity contribution < 1.29 is 14.7 Å². The summed E-state index contributed by atoms with van der Waals surface area (Å²) in [6.45, 7) is 1.54. The molecule has 3 rings (SSSR count). The molecule has 1 amide bonds. The molecule has 1 aromatic rings. The average Bonchev–Trinajstić information content (AvgIpc) is 3.23. The Kier molecular flexibility index (Phi) is 3.70. The summed E-state index contributed by atoms with van der Waals surface area (Å²) in [7, 11) is 0. The Balaban J connectivity index is 1.60. The molecule has 0 unspecified atom stereocenters. The molecule has 1 fully saturated rings. The van der Waals surface area contributed by atoms with Gasteiger partial charge in [-0.25, -0.2) is 0 Å². The SMILES string of the molecule is O=C(O)CCCCC(=O)N1Cc2ccccc2C2(CC2)C1. The Morgan fingerprint density at radius 2 is 1.86 bits per heavy atom. The zero-order chi connectivity index (χ0) is 14.9. The molecule has 1 aliphatic carbocycles. The van der Waals surface area contributed by atoms with Gasteiger partial charge >= 0.3 is 5.97 Å². The Hall–Kier alpha value is -1.84. The van der Waals surface area contributed by atoms with Gasteiger partial charge < -0.3 is 10.0 Å². The van der Waals surface area contributed by atoms with Gasteiger partial charge in [0.25, 0.3) is 0 Å². The smallest absolute Gasteiger partial charge is 0.303 e. The highest BCUT2D eigenvalue weighted by molar-refractivity contribution is 5.77. The van der Waals surface area contributed by atoms with E-state index in [0.717, 1.165) is 6.54 Å². The molecule has 2 aliphatic rings. The first-order valence-corrected chi connectivity index (χ1v) is 7.69. The molecule has 21 heavy (non-hydrogen) atoms. The standard InChI is InChI=1S/C17H21NO3/c19-15(7-3-4-8-16(20)21)18-11-13-5-1-2-6-14(13)17(12-18)9-10-17/h1-2,5-6H,3-4,7-12H2,(H,20,21). The van der Waals surface area contributed by atoms with Gasteiger partial charge in [0.05, 0.1) is 0 Å². The Labute approximate surface area is 124 Å². The Bertz CT molecular complexity index is 563. The van der Waals surface area contributed by atoms with Gasteiger partial charge in [-0.15, -0.1) is 0 Å². The molecule has 0 aromatic heterocycles. The molecule has 1 heterocycles. The third-order valence-corrected chi connectivity index (χ3v) is 4.68. The van der Waals surface area contributed by atoms with E-state index >= 15 is 0 Å². The summed E-state index contributed by atoms with van der Waals surface area (Å²) in [6, 6.07) is 8.45. The van der Waals surface area contributed by atoms with Crippen LogP contribution in [0.1, 0.15) is 49.7 Å². The van der Waals surface area contributed by atoms with E-state index in [4.69, 9.17) is 5.11 Å². The predicted octanol–water partition coefficient (Wildman–Crippen LogP) is 2.71. The first-order valence-electron chi connectivity index (χ1n) is 7.69. The van der Waals surface area contributed by atoms with Crippen molar-refractivity contribution in [3.63, 3.8) is 0 Å². The summed E-state index contributed by atoms with van der Waals surface area (Å²) >= 11 is 0. The molecule has 1 aromatic carbocycles. The molecule has 0 radical (unpaired) electrons. The maximum atomic E-state index is 12.3. The molecule has 0 bridgehead atoms. The van der Waals surface area contributed by atoms with Crippen molar-refractivity contribution in [1.29, 1.82) is 0 Å². The van der Waals surface area contributed by atoms with Crippen LogP contribution in [0.3, 0.4) is 0 Å². The number of nitrogens with zero attached hydrogens (tertiary/aromatic N) is 1. The zero-order valence-electron chi connectivity index (χ0n) is 12.2. The van der Waals surface area contributed by atoms with Gasteiger partial charge in [-0.05, 0) is 36.8 Å². The highest BCUT2D eigenvalue weighted by Crippen LogP contribution is 2.52. The van der Waals surface area contributed by atoms with E-state index < -0.39 is 5.97 Å². The first kappa shape index (κ1) is 14.1. The van der Waals surface area contributed by atoms with Crippen LogP contribution in [-0.2, 0) is 21.5 Å². The first-order chi connectivity index (χ1) is 10.1. The van der Waals surface area contributed by atoms with Crippen LogP contribution in [0.2, 0.25) is 0 Å². The van der Waals surface area contributed by atoms with Crippen LogP contribution in [0.5, 0.6) is 0 Å². The van der Waals surface area contributed by atoms with Crippen LogP contribution >= 0.6 is 0 Å². The minimum atomic E-state index is -0.786. The fourth-order valence-electron chi connectivity index (χ4n) is 3.35. The second-order valence-electron chi connectivity index (χ2n) is 6.29. The van der Waals surface area contributed by atoms with Gasteiger partial charge in [0, 0.05) is 31.3 Å². The number of unbranched alkanes of at least 4 members (excludes halogenated alkanes) is 1. The molecule has 1 spiro atoms. The van der Waals surface area contributed by atoms with E-state index in [1.807, 2.05) is 11.0 Å². The molecule has 4 nitrogen and oxygen atoms in total. The van der Waals surface area contributed by atoms with E-state index in [0.29, 0.717) is 25.8 Å². The fourth-order valence-corrected chi connectivity index (χ4v) is 3.35. The van der Waals surface area contributed by atoms with Crippen LogP contribution in [0.15, 0.2) is 24.3 Å². The molecule has 112 valence electrons. The van der Waals surface area contributed by atoms with Gasteiger partial charge in [0.1, 0.15) is 0 Å². The van der Waals surface area contributed by atoms with Crippen molar-refractivity contribution in [2.24, 2.45) is 0 Å². The fraction of sp³-hybridized carbons (Fsp3) is 0.529. The molecule has 1 aliphatic heterocycles. The van der Waals surface area contributed by atoms with Gasteiger partial charge in [-0.3, -0.25) is 9.59 Å². The van der Waals surface area contributed by atoms with Crippen molar-refractivity contribution in [1.82, 2.24) is 4.90 Å². The monoisotopic (exact) mass is 287 g/mol. The summed E-state index contributed by atoms with van der Waals surface area (Å²) in [6.07, 6.45) is 4.21. The van der Waals surface area contributed by atoms with Crippen molar-refractivity contribution in [3.05, 3.63) is 35.4 Å². The number of hydrogen-bond acceptors (Lipinski definition) is 2.